The smallest absolute Gasteiger partial charge is 0.172 e. The molecule has 0 aliphatic carbocycles. The van der Waals surface area contributed by atoms with Gasteiger partial charge in [0.05, 0.1) is 10.5 Å². The van der Waals surface area contributed by atoms with Gasteiger partial charge in [-0.05, 0) is 6.92 Å². The van der Waals surface area contributed by atoms with Gasteiger partial charge in [-0.1, -0.05) is 30.3 Å². The maximum atomic E-state index is 11.5. The van der Waals surface area contributed by atoms with Crippen LogP contribution in [0, 0.1) is 0 Å². The van der Waals surface area contributed by atoms with Crippen molar-refractivity contribution in [3.8, 4) is 0 Å². The van der Waals surface area contributed by atoms with Gasteiger partial charge in [-0.2, -0.15) is 0 Å². The number of Topliss-reactive ketones (excluding diaryl/α,β-unsaturated/α-hetero) is 1. The van der Waals surface area contributed by atoms with Gasteiger partial charge in [-0.15, -0.1) is 23.4 Å². The first-order valence-electron chi connectivity index (χ1n) is 4.04. The van der Waals surface area contributed by atoms with Crippen molar-refractivity contribution in [1.29, 1.82) is 0 Å². The van der Waals surface area contributed by atoms with Crippen LogP contribution < -0.4 is 0 Å². The van der Waals surface area contributed by atoms with Crippen LogP contribution in [0.25, 0.3) is 0 Å². The lowest BCUT2D eigenvalue weighted by Crippen LogP contribution is -2.03. The molecule has 0 saturated carbocycles. The van der Waals surface area contributed by atoms with E-state index in [1.165, 1.54) is 11.8 Å². The maximum absolute atomic E-state index is 11.5. The molecular formula is C10H11ClOS. The van der Waals surface area contributed by atoms with Crippen LogP contribution in [0.5, 0.6) is 0 Å². The van der Waals surface area contributed by atoms with E-state index in [0.717, 1.165) is 5.56 Å². The van der Waals surface area contributed by atoms with Gasteiger partial charge < -0.3 is 0 Å². The third-order valence-corrected chi connectivity index (χ3v) is 2.81. The highest BCUT2D eigenvalue weighted by atomic mass is 35.5. The van der Waals surface area contributed by atoms with Gasteiger partial charge in [0.15, 0.2) is 5.78 Å². The summed E-state index contributed by atoms with van der Waals surface area (Å²) >= 11 is 7.17. The van der Waals surface area contributed by atoms with Crippen molar-refractivity contribution in [1.82, 2.24) is 0 Å². The second-order valence-electron chi connectivity index (χ2n) is 2.64. The predicted octanol–water partition coefficient (Wildman–Crippen LogP) is 3.19. The van der Waals surface area contributed by atoms with Crippen molar-refractivity contribution in [2.24, 2.45) is 0 Å². The molecule has 0 aliphatic rings. The normalized spacial score (nSPS) is 12.5. The fraction of sp³-hybridized carbons (Fsp3) is 0.300. The molecule has 1 rings (SSSR count). The van der Waals surface area contributed by atoms with Crippen molar-refractivity contribution in [2.45, 2.75) is 11.6 Å². The minimum atomic E-state index is -0.00679. The monoisotopic (exact) mass is 214 g/mol. The Bertz CT molecular complexity index is 272. The molecular weight excluding hydrogens is 204 g/mol. The molecule has 1 aromatic rings. The summed E-state index contributed by atoms with van der Waals surface area (Å²) in [6.45, 7) is 1.87. The number of alkyl halides is 1. The summed E-state index contributed by atoms with van der Waals surface area (Å²) < 4.78 is -0.00679. The van der Waals surface area contributed by atoms with E-state index in [-0.39, 0.29) is 10.5 Å². The molecule has 0 aliphatic heterocycles. The van der Waals surface area contributed by atoms with Crippen LogP contribution >= 0.6 is 23.4 Å². The van der Waals surface area contributed by atoms with Crippen molar-refractivity contribution in [2.75, 3.05) is 5.75 Å². The molecule has 1 nitrogen and oxygen atoms in total. The minimum absolute atomic E-state index is 0.00679. The predicted molar refractivity (Wildman–Crippen MR) is 58.5 cm³/mol. The molecule has 0 amide bonds. The van der Waals surface area contributed by atoms with E-state index in [0.29, 0.717) is 5.75 Å². The molecule has 1 atom stereocenters. The summed E-state index contributed by atoms with van der Waals surface area (Å²) in [5.74, 6) is 0.590. The Hall–Kier alpha value is -0.470. The Morgan fingerprint density at radius 1 is 1.46 bits per heavy atom. The van der Waals surface area contributed by atoms with Crippen molar-refractivity contribution >= 4 is 29.1 Å². The first kappa shape index (κ1) is 10.6. The third kappa shape index (κ3) is 3.83. The van der Waals surface area contributed by atoms with Gasteiger partial charge in [-0.25, -0.2) is 0 Å². The molecule has 0 heterocycles. The van der Waals surface area contributed by atoms with Crippen LogP contribution in [0.3, 0.4) is 0 Å². The molecule has 70 valence electrons. The molecule has 13 heavy (non-hydrogen) atoms. The summed E-state index contributed by atoms with van der Waals surface area (Å²) in [6.07, 6.45) is 0. The molecule has 1 aromatic carbocycles. The van der Waals surface area contributed by atoms with Crippen LogP contribution in [0.4, 0.5) is 0 Å². The van der Waals surface area contributed by atoms with E-state index in [2.05, 4.69) is 0 Å². The van der Waals surface area contributed by atoms with Crippen molar-refractivity contribution in [3.05, 3.63) is 35.9 Å². The molecule has 0 spiro atoms. The largest absolute Gasteiger partial charge is 0.293 e. The SMILES string of the molecule is CC(Cl)SCC(=O)c1ccccc1. The Labute approximate surface area is 87.5 Å². The second kappa shape index (κ2) is 5.30. The highest BCUT2D eigenvalue weighted by Crippen LogP contribution is 2.15. The topological polar surface area (TPSA) is 17.1 Å². The van der Waals surface area contributed by atoms with E-state index < -0.39 is 0 Å². The van der Waals surface area contributed by atoms with Gasteiger partial charge in [0.2, 0.25) is 0 Å². The van der Waals surface area contributed by atoms with E-state index in [9.17, 15) is 4.79 Å². The standard InChI is InChI=1S/C10H11ClOS/c1-8(11)13-7-10(12)9-5-3-2-4-6-9/h2-6,8H,7H2,1H3. The van der Waals surface area contributed by atoms with Crippen LogP contribution in [-0.4, -0.2) is 16.2 Å². The zero-order valence-corrected chi connectivity index (χ0v) is 8.94. The molecule has 0 N–H and O–H groups in total. The number of hydrogen-bond donors (Lipinski definition) is 0. The number of halogens is 1. The molecule has 3 heteroatoms. The fourth-order valence-corrected chi connectivity index (χ4v) is 1.63. The Morgan fingerprint density at radius 2 is 2.08 bits per heavy atom. The van der Waals surface area contributed by atoms with Gasteiger partial charge in [-0.3, -0.25) is 4.79 Å². The summed E-state index contributed by atoms with van der Waals surface area (Å²) in [4.78, 5) is 11.5. The molecule has 0 aromatic heterocycles. The highest BCUT2D eigenvalue weighted by Gasteiger charge is 2.06. The maximum Gasteiger partial charge on any atom is 0.172 e. The zero-order valence-electron chi connectivity index (χ0n) is 7.37. The van der Waals surface area contributed by atoms with Crippen molar-refractivity contribution in [3.63, 3.8) is 0 Å². The number of hydrogen-bond acceptors (Lipinski definition) is 2. The fourth-order valence-electron chi connectivity index (χ4n) is 0.898. The molecule has 0 fully saturated rings. The number of thioether (sulfide) groups is 1. The van der Waals surface area contributed by atoms with Crippen LogP contribution in [0.1, 0.15) is 17.3 Å². The van der Waals surface area contributed by atoms with E-state index in [1.54, 1.807) is 0 Å². The van der Waals surface area contributed by atoms with E-state index >= 15 is 0 Å². The zero-order chi connectivity index (χ0) is 9.68. The second-order valence-corrected chi connectivity index (χ2v) is 4.89. The summed E-state index contributed by atoms with van der Waals surface area (Å²) in [5, 5.41) is 0. The Morgan fingerprint density at radius 3 is 2.62 bits per heavy atom. The number of carbonyl (C=O) groups is 1. The Kier molecular flexibility index (Phi) is 4.33. The van der Waals surface area contributed by atoms with Crippen LogP contribution in [0.15, 0.2) is 30.3 Å². The first-order valence-corrected chi connectivity index (χ1v) is 5.52. The lowest BCUT2D eigenvalue weighted by molar-refractivity contribution is 0.102. The van der Waals surface area contributed by atoms with Crippen LogP contribution in [0.2, 0.25) is 0 Å². The Balaban J connectivity index is 2.50. The lowest BCUT2D eigenvalue weighted by Gasteiger charge is -2.01. The summed E-state index contributed by atoms with van der Waals surface area (Å²) in [7, 11) is 0. The third-order valence-electron chi connectivity index (χ3n) is 1.54. The number of rotatable bonds is 4. The van der Waals surface area contributed by atoms with E-state index in [4.69, 9.17) is 11.6 Å². The van der Waals surface area contributed by atoms with Crippen molar-refractivity contribution < 1.29 is 4.79 Å². The quantitative estimate of drug-likeness (QED) is 0.566. The average molecular weight is 215 g/mol. The summed E-state index contributed by atoms with van der Waals surface area (Å²) in [6, 6.07) is 9.27. The molecule has 0 bridgehead atoms. The number of carbonyl (C=O) groups excluding carboxylic acids is 1. The molecule has 0 saturated heterocycles. The van der Waals surface area contributed by atoms with Gasteiger partial charge >= 0.3 is 0 Å². The lowest BCUT2D eigenvalue weighted by atomic mass is 10.2. The van der Waals surface area contributed by atoms with Gasteiger partial charge in [0.25, 0.3) is 0 Å². The highest BCUT2D eigenvalue weighted by molar-refractivity contribution is 8.01. The number of ketones is 1. The molecule has 1 unspecified atom stereocenters. The molecule has 0 radical (unpaired) electrons. The van der Waals surface area contributed by atoms with Gasteiger partial charge in [0, 0.05) is 5.56 Å². The number of benzene rings is 1. The first-order chi connectivity index (χ1) is 6.20. The van der Waals surface area contributed by atoms with E-state index in [1.807, 2.05) is 37.3 Å². The van der Waals surface area contributed by atoms with Crippen LogP contribution in [-0.2, 0) is 0 Å². The minimum Gasteiger partial charge on any atom is -0.293 e. The average Bonchev–Trinajstić information content (AvgIpc) is 2.15. The van der Waals surface area contributed by atoms with Gasteiger partial charge in [0.1, 0.15) is 0 Å². The summed E-state index contributed by atoms with van der Waals surface area (Å²) in [5.41, 5.74) is 0.757.